The van der Waals surface area contributed by atoms with Crippen molar-refractivity contribution < 1.29 is 14.0 Å². The third-order valence-corrected chi connectivity index (χ3v) is 3.80. The molecule has 0 spiro atoms. The van der Waals surface area contributed by atoms with Gasteiger partial charge >= 0.3 is 0 Å². The number of carbonyl (C=O) groups excluding carboxylic acids is 2. The highest BCUT2D eigenvalue weighted by Gasteiger charge is 2.34. The minimum absolute atomic E-state index is 0.129. The molecule has 2 aliphatic heterocycles. The zero-order valence-electron chi connectivity index (χ0n) is 10.9. The van der Waals surface area contributed by atoms with E-state index in [1.54, 1.807) is 6.07 Å². The van der Waals surface area contributed by atoms with Gasteiger partial charge in [0.1, 0.15) is 5.82 Å². The topological polar surface area (TPSA) is 49.4 Å². The molecular weight excluding hydrogens is 247 g/mol. The lowest BCUT2D eigenvalue weighted by Gasteiger charge is -2.22. The SMILES string of the molecule is CC1(C)CCN(c2cc3c(cc2F)C(=O)C(=O)N3)C1. The second-order valence-electron chi connectivity index (χ2n) is 5.97. The Morgan fingerprint density at radius 1 is 1.32 bits per heavy atom. The molecule has 0 atom stereocenters. The summed E-state index contributed by atoms with van der Waals surface area (Å²) in [6.45, 7) is 5.84. The number of fused-ring (bicyclic) bond motifs is 1. The predicted molar refractivity (Wildman–Crippen MR) is 70.0 cm³/mol. The number of nitrogens with zero attached hydrogens (tertiary/aromatic N) is 1. The Balaban J connectivity index is 1.99. The molecule has 100 valence electrons. The fourth-order valence-electron chi connectivity index (χ4n) is 2.71. The predicted octanol–water partition coefficient (Wildman–Crippen LogP) is 2.20. The van der Waals surface area contributed by atoms with E-state index in [2.05, 4.69) is 19.2 Å². The van der Waals surface area contributed by atoms with E-state index in [0.29, 0.717) is 11.4 Å². The number of halogens is 1. The third kappa shape index (κ3) is 1.89. The van der Waals surface area contributed by atoms with Crippen molar-refractivity contribution in [1.82, 2.24) is 0 Å². The van der Waals surface area contributed by atoms with Crippen molar-refractivity contribution in [3.05, 3.63) is 23.5 Å². The number of anilines is 2. The van der Waals surface area contributed by atoms with Gasteiger partial charge in [-0.25, -0.2) is 4.39 Å². The van der Waals surface area contributed by atoms with Crippen LogP contribution in [-0.2, 0) is 4.79 Å². The molecule has 0 radical (unpaired) electrons. The number of carbonyl (C=O) groups is 2. The highest BCUT2D eigenvalue weighted by molar-refractivity contribution is 6.51. The van der Waals surface area contributed by atoms with Gasteiger partial charge in [0.15, 0.2) is 0 Å². The molecule has 0 aromatic heterocycles. The van der Waals surface area contributed by atoms with Gasteiger partial charge in [0.05, 0.1) is 16.9 Å². The van der Waals surface area contributed by atoms with E-state index < -0.39 is 17.5 Å². The number of hydrogen-bond acceptors (Lipinski definition) is 3. The molecule has 2 heterocycles. The molecule has 1 amide bonds. The summed E-state index contributed by atoms with van der Waals surface area (Å²) in [4.78, 5) is 24.7. The smallest absolute Gasteiger partial charge is 0.296 e. The van der Waals surface area contributed by atoms with Crippen LogP contribution in [0.1, 0.15) is 30.6 Å². The highest BCUT2D eigenvalue weighted by atomic mass is 19.1. The van der Waals surface area contributed by atoms with Gasteiger partial charge in [0.25, 0.3) is 11.7 Å². The molecule has 0 bridgehead atoms. The molecule has 1 fully saturated rings. The number of ketones is 1. The molecule has 1 N–H and O–H groups in total. The molecule has 2 aliphatic rings. The van der Waals surface area contributed by atoms with Crippen LogP contribution >= 0.6 is 0 Å². The van der Waals surface area contributed by atoms with E-state index in [9.17, 15) is 14.0 Å². The Morgan fingerprint density at radius 3 is 2.68 bits per heavy atom. The molecule has 1 saturated heterocycles. The Kier molecular flexibility index (Phi) is 2.42. The Labute approximate surface area is 110 Å². The third-order valence-electron chi connectivity index (χ3n) is 3.80. The molecular formula is C14H15FN2O2. The summed E-state index contributed by atoms with van der Waals surface area (Å²) in [5.41, 5.74) is 1.16. The maximum atomic E-state index is 14.1. The lowest BCUT2D eigenvalue weighted by Crippen LogP contribution is -2.23. The van der Waals surface area contributed by atoms with Gasteiger partial charge in [-0.1, -0.05) is 13.8 Å². The summed E-state index contributed by atoms with van der Waals surface area (Å²) in [7, 11) is 0. The summed E-state index contributed by atoms with van der Waals surface area (Å²) in [6.07, 6.45) is 0.995. The van der Waals surface area contributed by atoms with Crippen LogP contribution in [0.4, 0.5) is 15.8 Å². The number of hydrogen-bond donors (Lipinski definition) is 1. The average molecular weight is 262 g/mol. The van der Waals surface area contributed by atoms with Crippen LogP contribution in [-0.4, -0.2) is 24.8 Å². The Bertz CT molecular complexity index is 595. The normalized spacial score (nSPS) is 20.7. The van der Waals surface area contributed by atoms with Crippen LogP contribution in [0.3, 0.4) is 0 Å². The molecule has 19 heavy (non-hydrogen) atoms. The van der Waals surface area contributed by atoms with Crippen molar-refractivity contribution in [3.8, 4) is 0 Å². The van der Waals surface area contributed by atoms with E-state index in [-0.39, 0.29) is 11.0 Å². The zero-order valence-corrected chi connectivity index (χ0v) is 10.9. The molecule has 1 aromatic rings. The van der Waals surface area contributed by atoms with Crippen molar-refractivity contribution >= 4 is 23.1 Å². The van der Waals surface area contributed by atoms with Gasteiger partial charge in [-0.2, -0.15) is 0 Å². The molecule has 3 rings (SSSR count). The standard InChI is InChI=1S/C14H15FN2O2/c1-14(2)3-4-17(7-14)11-6-10-8(5-9(11)15)12(18)13(19)16-10/h5-6H,3-4,7H2,1-2H3,(H,16,18,19). The lowest BCUT2D eigenvalue weighted by molar-refractivity contribution is -0.112. The van der Waals surface area contributed by atoms with Crippen molar-refractivity contribution in [1.29, 1.82) is 0 Å². The monoisotopic (exact) mass is 262 g/mol. The molecule has 5 heteroatoms. The van der Waals surface area contributed by atoms with Gasteiger partial charge in [-0.15, -0.1) is 0 Å². The van der Waals surface area contributed by atoms with Crippen LogP contribution in [0.15, 0.2) is 12.1 Å². The fourth-order valence-corrected chi connectivity index (χ4v) is 2.71. The van der Waals surface area contributed by atoms with E-state index in [1.807, 2.05) is 4.90 Å². The van der Waals surface area contributed by atoms with Crippen LogP contribution in [0.25, 0.3) is 0 Å². The lowest BCUT2D eigenvalue weighted by atomic mass is 9.93. The zero-order chi connectivity index (χ0) is 13.8. The van der Waals surface area contributed by atoms with Gasteiger partial charge in [0, 0.05) is 13.1 Å². The Morgan fingerprint density at radius 2 is 2.05 bits per heavy atom. The maximum absolute atomic E-state index is 14.1. The average Bonchev–Trinajstić information content (AvgIpc) is 2.81. The van der Waals surface area contributed by atoms with E-state index in [0.717, 1.165) is 25.6 Å². The van der Waals surface area contributed by atoms with Crippen molar-refractivity contribution in [2.45, 2.75) is 20.3 Å². The van der Waals surface area contributed by atoms with Gasteiger partial charge < -0.3 is 10.2 Å². The van der Waals surface area contributed by atoms with E-state index in [4.69, 9.17) is 0 Å². The number of nitrogens with one attached hydrogen (secondary N) is 1. The Hall–Kier alpha value is -1.91. The van der Waals surface area contributed by atoms with Gasteiger partial charge in [-0.3, -0.25) is 9.59 Å². The van der Waals surface area contributed by atoms with Crippen LogP contribution in [0.5, 0.6) is 0 Å². The quantitative estimate of drug-likeness (QED) is 0.789. The van der Waals surface area contributed by atoms with Crippen LogP contribution < -0.4 is 10.2 Å². The van der Waals surface area contributed by atoms with Gasteiger partial charge in [-0.05, 0) is 24.0 Å². The van der Waals surface area contributed by atoms with E-state index in [1.165, 1.54) is 0 Å². The van der Waals surface area contributed by atoms with Crippen molar-refractivity contribution in [2.75, 3.05) is 23.3 Å². The summed E-state index contributed by atoms with van der Waals surface area (Å²) >= 11 is 0. The maximum Gasteiger partial charge on any atom is 0.296 e. The second-order valence-corrected chi connectivity index (χ2v) is 5.97. The summed E-state index contributed by atoms with van der Waals surface area (Å²) < 4.78 is 14.1. The van der Waals surface area contributed by atoms with Crippen LogP contribution in [0, 0.1) is 11.2 Å². The second kappa shape index (κ2) is 3.79. The minimum atomic E-state index is -0.687. The van der Waals surface area contributed by atoms with Gasteiger partial charge in [0.2, 0.25) is 0 Å². The first kappa shape index (κ1) is 12.1. The number of rotatable bonds is 1. The molecule has 0 unspecified atom stereocenters. The first-order chi connectivity index (χ1) is 8.87. The number of Topliss-reactive ketones (excluding diaryl/α,β-unsaturated/α-hetero) is 1. The van der Waals surface area contributed by atoms with Crippen molar-refractivity contribution in [2.24, 2.45) is 5.41 Å². The number of amides is 1. The highest BCUT2D eigenvalue weighted by Crippen LogP contribution is 2.37. The summed E-state index contributed by atoms with van der Waals surface area (Å²) in [6, 6.07) is 2.73. The summed E-state index contributed by atoms with van der Waals surface area (Å²) in [5, 5.41) is 2.48. The molecule has 0 aliphatic carbocycles. The largest absolute Gasteiger partial charge is 0.369 e. The fraction of sp³-hybridized carbons (Fsp3) is 0.429. The van der Waals surface area contributed by atoms with E-state index >= 15 is 0 Å². The minimum Gasteiger partial charge on any atom is -0.369 e. The molecule has 4 nitrogen and oxygen atoms in total. The molecule has 0 saturated carbocycles. The van der Waals surface area contributed by atoms with Crippen LogP contribution in [0.2, 0.25) is 0 Å². The molecule has 1 aromatic carbocycles. The first-order valence-corrected chi connectivity index (χ1v) is 6.32. The number of benzene rings is 1. The van der Waals surface area contributed by atoms with Crippen molar-refractivity contribution in [3.63, 3.8) is 0 Å². The summed E-state index contributed by atoms with van der Waals surface area (Å²) in [5.74, 6) is -1.79. The first-order valence-electron chi connectivity index (χ1n) is 6.32.